The second-order valence-corrected chi connectivity index (χ2v) is 12.6. The van der Waals surface area contributed by atoms with Crippen molar-refractivity contribution in [2.24, 2.45) is 22.4 Å². The molecule has 2 atom stereocenters. The van der Waals surface area contributed by atoms with Gasteiger partial charge in [0.05, 0.1) is 18.3 Å². The minimum absolute atomic E-state index is 0.0218. The number of nitrogens with one attached hydrogen (secondary N) is 2. The van der Waals surface area contributed by atoms with E-state index in [2.05, 4.69) is 32.0 Å². The number of aliphatic imine (C=N–C) groups is 1. The average molecular weight is 571 g/mol. The van der Waals surface area contributed by atoms with Crippen LogP contribution in [0.3, 0.4) is 0 Å². The molecule has 0 spiro atoms. The number of thiazole rings is 1. The molecule has 3 heterocycles. The van der Waals surface area contributed by atoms with Crippen molar-refractivity contribution < 1.29 is 22.8 Å². The zero-order valence-electron chi connectivity index (χ0n) is 21.7. The number of amides is 2. The molecule has 212 valence electrons. The number of hydrogen-bond acceptors (Lipinski definition) is 9. The van der Waals surface area contributed by atoms with E-state index >= 15 is 0 Å². The maximum absolute atomic E-state index is 12.9. The fourth-order valence-corrected chi connectivity index (χ4v) is 6.68. The van der Waals surface area contributed by atoms with Gasteiger partial charge in [-0.15, -0.1) is 11.3 Å². The summed E-state index contributed by atoms with van der Waals surface area (Å²) >= 11 is 1.17. The Kier molecular flexibility index (Phi) is 11.0. The number of likely N-dealkylation sites (tertiary alicyclic amines) is 2. The zero-order valence-corrected chi connectivity index (χ0v) is 23.3. The van der Waals surface area contributed by atoms with Gasteiger partial charge < -0.3 is 26.6 Å². The molecule has 0 aromatic carbocycles. The molecule has 0 bridgehead atoms. The summed E-state index contributed by atoms with van der Waals surface area (Å²) in [6, 6.07) is -1.74. The molecule has 3 rings (SSSR count). The predicted molar refractivity (Wildman–Crippen MR) is 145 cm³/mol. The Morgan fingerprint density at radius 2 is 1.97 bits per heavy atom. The first-order valence-corrected chi connectivity index (χ1v) is 15.3. The van der Waals surface area contributed by atoms with Gasteiger partial charge in [-0.25, -0.2) is 18.1 Å². The number of hydrogen-bond donors (Lipinski definition) is 4. The highest BCUT2D eigenvalue weighted by Gasteiger charge is 2.36. The van der Waals surface area contributed by atoms with Crippen molar-refractivity contribution in [3.05, 3.63) is 16.6 Å². The highest BCUT2D eigenvalue weighted by atomic mass is 32.2. The van der Waals surface area contributed by atoms with Gasteiger partial charge in [-0.1, -0.05) is 0 Å². The Bertz CT molecular complexity index is 1080. The van der Waals surface area contributed by atoms with Crippen molar-refractivity contribution in [3.63, 3.8) is 0 Å². The number of rotatable bonds is 14. The molecular formula is C23H38N8O5S2. The van der Waals surface area contributed by atoms with E-state index in [0.717, 1.165) is 25.9 Å². The van der Waals surface area contributed by atoms with E-state index in [4.69, 9.17) is 11.5 Å². The van der Waals surface area contributed by atoms with E-state index in [1.165, 1.54) is 22.4 Å². The summed E-state index contributed by atoms with van der Waals surface area (Å²) in [6.45, 7) is 2.18. The third kappa shape index (κ3) is 9.29. The van der Waals surface area contributed by atoms with Crippen LogP contribution in [0.1, 0.15) is 48.3 Å². The number of sulfonamides is 1. The van der Waals surface area contributed by atoms with Crippen molar-refractivity contribution in [1.82, 2.24) is 24.8 Å². The normalized spacial score (nSPS) is 19.9. The fraction of sp³-hybridized carbons (Fsp3) is 0.696. The minimum Gasteiger partial charge on any atom is -0.370 e. The maximum Gasteiger partial charge on any atom is 0.241 e. The molecule has 2 amide bonds. The van der Waals surface area contributed by atoms with Gasteiger partial charge in [0.25, 0.3) is 0 Å². The van der Waals surface area contributed by atoms with Crippen LogP contribution < -0.4 is 21.5 Å². The van der Waals surface area contributed by atoms with Crippen LogP contribution in [0.5, 0.6) is 0 Å². The van der Waals surface area contributed by atoms with Crippen LogP contribution in [0.4, 0.5) is 0 Å². The molecule has 1 aromatic rings. The summed E-state index contributed by atoms with van der Waals surface area (Å²) in [4.78, 5) is 49.9. The predicted octanol–water partition coefficient (Wildman–Crippen LogP) is -0.884. The van der Waals surface area contributed by atoms with E-state index in [1.54, 1.807) is 5.38 Å². The topological polar surface area (TPSA) is 193 Å². The Hall–Kier alpha value is -2.62. The average Bonchev–Trinajstić information content (AvgIpc) is 3.51. The van der Waals surface area contributed by atoms with E-state index in [1.807, 2.05) is 0 Å². The Labute approximate surface area is 227 Å². The number of guanidine groups is 1. The van der Waals surface area contributed by atoms with Gasteiger partial charge in [-0.2, -0.15) is 0 Å². The smallest absolute Gasteiger partial charge is 0.241 e. The summed E-state index contributed by atoms with van der Waals surface area (Å²) < 4.78 is 27.8. The summed E-state index contributed by atoms with van der Waals surface area (Å²) in [5, 5.41) is 4.63. The molecule has 0 radical (unpaired) electrons. The van der Waals surface area contributed by atoms with Gasteiger partial charge in [0.2, 0.25) is 27.6 Å². The summed E-state index contributed by atoms with van der Waals surface area (Å²) in [6.07, 6.45) is 5.02. The van der Waals surface area contributed by atoms with Crippen molar-refractivity contribution in [1.29, 1.82) is 0 Å². The zero-order chi connectivity index (χ0) is 27.7. The Morgan fingerprint density at radius 1 is 1.24 bits per heavy atom. The highest BCUT2D eigenvalue weighted by molar-refractivity contribution is 7.89. The largest absolute Gasteiger partial charge is 0.370 e. The first kappa shape index (κ1) is 29.9. The molecule has 2 saturated heterocycles. The van der Waals surface area contributed by atoms with Gasteiger partial charge in [0, 0.05) is 24.7 Å². The molecule has 38 heavy (non-hydrogen) atoms. The number of carbonyl (C=O) groups is 3. The highest BCUT2D eigenvalue weighted by Crippen LogP contribution is 2.20. The number of nitrogens with two attached hydrogens (primary N) is 2. The lowest BCUT2D eigenvalue weighted by Gasteiger charge is -2.28. The molecule has 0 unspecified atom stereocenters. The lowest BCUT2D eigenvalue weighted by molar-refractivity contribution is -0.134. The Morgan fingerprint density at radius 3 is 2.63 bits per heavy atom. The van der Waals surface area contributed by atoms with E-state index in [9.17, 15) is 22.8 Å². The molecule has 0 saturated carbocycles. The number of Topliss-reactive ketones (excluding diaryl/α,β-unsaturated/α-hetero) is 1. The van der Waals surface area contributed by atoms with Crippen LogP contribution in [0.25, 0.3) is 0 Å². The molecule has 6 N–H and O–H groups in total. The second-order valence-electron chi connectivity index (χ2n) is 9.84. The number of aromatic nitrogens is 1. The molecule has 15 heteroatoms. The molecule has 13 nitrogen and oxygen atoms in total. The number of piperidine rings is 1. The van der Waals surface area contributed by atoms with Crippen LogP contribution in [-0.2, 0) is 19.6 Å². The minimum atomic E-state index is -3.63. The van der Waals surface area contributed by atoms with Gasteiger partial charge in [-0.3, -0.25) is 19.4 Å². The van der Waals surface area contributed by atoms with Crippen LogP contribution in [0.2, 0.25) is 0 Å². The molecule has 2 aliphatic heterocycles. The number of nitrogens with zero attached hydrogens (tertiary/aromatic N) is 4. The quantitative estimate of drug-likeness (QED) is 0.0951. The first-order valence-electron chi connectivity index (χ1n) is 12.8. The van der Waals surface area contributed by atoms with Crippen LogP contribution in [0.15, 0.2) is 16.6 Å². The van der Waals surface area contributed by atoms with Gasteiger partial charge in [0.15, 0.2) is 11.0 Å². The van der Waals surface area contributed by atoms with Gasteiger partial charge in [0.1, 0.15) is 6.04 Å². The van der Waals surface area contributed by atoms with Crippen molar-refractivity contribution >= 4 is 44.9 Å². The summed E-state index contributed by atoms with van der Waals surface area (Å²) in [7, 11) is -1.57. The SMILES string of the molecule is CN1CCC(CCS(=O)(=O)N[C@H]2CCN(CC(=O)N[C@@H](CCCN=C(N)N)C(=O)c3nccs3)C2=O)CC1. The van der Waals surface area contributed by atoms with Crippen LogP contribution in [-0.4, -0.2) is 104 Å². The molecule has 1 aromatic heterocycles. The second kappa shape index (κ2) is 14.0. The standard InChI is InChI=1S/C23H38N8O5S2/c1-30-10-4-16(5-11-30)7-14-38(35,36)29-18-6-12-31(22(18)34)15-19(32)28-17(3-2-8-27-23(24)25)20(33)21-26-9-13-37-21/h9,13,16-18,29H,2-8,10-12,14-15H2,1H3,(H,28,32)(H4,24,25,27)/t17-,18-/m0/s1. The van der Waals surface area contributed by atoms with Crippen LogP contribution in [0, 0.1) is 5.92 Å². The summed E-state index contributed by atoms with van der Waals surface area (Å²) in [5.74, 6) is -1.01. The Balaban J connectivity index is 1.49. The van der Waals surface area contributed by atoms with Gasteiger partial charge in [-0.05, 0) is 64.6 Å². The van der Waals surface area contributed by atoms with Gasteiger partial charge >= 0.3 is 0 Å². The summed E-state index contributed by atoms with van der Waals surface area (Å²) in [5.41, 5.74) is 10.7. The van der Waals surface area contributed by atoms with E-state index in [0.29, 0.717) is 25.3 Å². The van der Waals surface area contributed by atoms with E-state index < -0.39 is 33.9 Å². The number of ketones is 1. The van der Waals surface area contributed by atoms with Crippen LogP contribution >= 0.6 is 11.3 Å². The van der Waals surface area contributed by atoms with E-state index in [-0.39, 0.29) is 48.4 Å². The maximum atomic E-state index is 12.9. The van der Waals surface area contributed by atoms with Crippen molar-refractivity contribution in [2.75, 3.05) is 45.5 Å². The van der Waals surface area contributed by atoms with Crippen molar-refractivity contribution in [3.8, 4) is 0 Å². The van der Waals surface area contributed by atoms with Crippen molar-refractivity contribution in [2.45, 2.75) is 50.6 Å². The monoisotopic (exact) mass is 570 g/mol. The lowest BCUT2D eigenvalue weighted by atomic mass is 9.95. The first-order chi connectivity index (χ1) is 18.0. The molecule has 0 aliphatic carbocycles. The third-order valence-corrected chi connectivity index (χ3v) is 9.03. The lowest BCUT2D eigenvalue weighted by Crippen LogP contribution is -2.48. The third-order valence-electron chi connectivity index (χ3n) is 6.83. The molecule has 2 aliphatic rings. The fourth-order valence-electron chi connectivity index (χ4n) is 4.63. The molecule has 2 fully saturated rings. The molecular weight excluding hydrogens is 532 g/mol. The number of carbonyl (C=O) groups excluding carboxylic acids is 3.